The molecule has 0 saturated heterocycles. The average molecular weight is 321 g/mol. The molecule has 0 spiro atoms. The first-order chi connectivity index (χ1) is 9.08. The number of carbonyl (C=O) groups is 1. The summed E-state index contributed by atoms with van der Waals surface area (Å²) in [6.45, 7) is 0. The molecule has 0 saturated carbocycles. The zero-order valence-electron chi connectivity index (χ0n) is 9.81. The summed E-state index contributed by atoms with van der Waals surface area (Å²) in [5, 5.41) is 9.27. The van der Waals surface area contributed by atoms with Crippen LogP contribution in [0, 0.1) is 5.82 Å². The van der Waals surface area contributed by atoms with Crippen LogP contribution in [0.15, 0.2) is 53.0 Å². The molecule has 1 N–H and O–H groups in total. The van der Waals surface area contributed by atoms with Crippen LogP contribution in [0.2, 0.25) is 0 Å². The van der Waals surface area contributed by atoms with Gasteiger partial charge < -0.3 is 5.11 Å². The first-order valence-electron chi connectivity index (χ1n) is 5.53. The molecular weight excluding hydrogens is 311 g/mol. The molecular formula is C15H10BrFO2. The van der Waals surface area contributed by atoms with Crippen molar-refractivity contribution >= 4 is 33.5 Å². The predicted molar refractivity (Wildman–Crippen MR) is 76.0 cm³/mol. The van der Waals surface area contributed by atoms with E-state index in [4.69, 9.17) is 0 Å². The fraction of sp³-hybridized carbons (Fsp3) is 0. The highest BCUT2D eigenvalue weighted by Crippen LogP contribution is 2.24. The van der Waals surface area contributed by atoms with E-state index in [0.29, 0.717) is 15.6 Å². The molecule has 2 nitrogen and oxygen atoms in total. The van der Waals surface area contributed by atoms with Crippen LogP contribution < -0.4 is 0 Å². The number of hydrogen-bond acceptors (Lipinski definition) is 1. The van der Waals surface area contributed by atoms with E-state index in [1.54, 1.807) is 36.4 Å². The fourth-order valence-corrected chi connectivity index (χ4v) is 2.03. The second kappa shape index (κ2) is 5.80. The van der Waals surface area contributed by atoms with Gasteiger partial charge in [-0.05, 0) is 35.4 Å². The fourth-order valence-electron chi connectivity index (χ4n) is 1.67. The monoisotopic (exact) mass is 320 g/mol. The van der Waals surface area contributed by atoms with Crippen LogP contribution in [-0.4, -0.2) is 11.1 Å². The summed E-state index contributed by atoms with van der Waals surface area (Å²) in [7, 11) is 0. The lowest BCUT2D eigenvalue weighted by Gasteiger charge is -2.04. The van der Waals surface area contributed by atoms with E-state index in [9.17, 15) is 14.3 Å². The smallest absolute Gasteiger partial charge is 0.336 e. The van der Waals surface area contributed by atoms with E-state index in [0.717, 1.165) is 0 Å². The SMILES string of the molecule is O=C(O)/C(=C/c1cc(F)ccc1Br)c1ccccc1. The summed E-state index contributed by atoms with van der Waals surface area (Å²) in [6, 6.07) is 12.9. The van der Waals surface area contributed by atoms with E-state index in [1.165, 1.54) is 18.2 Å². The van der Waals surface area contributed by atoms with E-state index in [-0.39, 0.29) is 5.57 Å². The molecule has 0 heterocycles. The molecule has 0 aliphatic rings. The molecule has 0 aromatic heterocycles. The summed E-state index contributed by atoms with van der Waals surface area (Å²) in [4.78, 5) is 11.3. The van der Waals surface area contributed by atoms with Gasteiger partial charge in [-0.2, -0.15) is 0 Å². The first-order valence-corrected chi connectivity index (χ1v) is 6.32. The molecule has 0 unspecified atom stereocenters. The van der Waals surface area contributed by atoms with Crippen LogP contribution in [0.3, 0.4) is 0 Å². The molecule has 0 amide bonds. The number of hydrogen-bond donors (Lipinski definition) is 1. The molecule has 0 bridgehead atoms. The van der Waals surface area contributed by atoms with Crippen molar-refractivity contribution in [2.24, 2.45) is 0 Å². The van der Waals surface area contributed by atoms with Crippen LogP contribution in [-0.2, 0) is 4.79 Å². The van der Waals surface area contributed by atoms with Crippen molar-refractivity contribution in [3.05, 3.63) is 69.9 Å². The van der Waals surface area contributed by atoms with E-state index >= 15 is 0 Å². The van der Waals surface area contributed by atoms with Gasteiger partial charge in [-0.25, -0.2) is 9.18 Å². The molecule has 4 heteroatoms. The van der Waals surface area contributed by atoms with E-state index in [1.807, 2.05) is 0 Å². The lowest BCUT2D eigenvalue weighted by atomic mass is 10.0. The highest BCUT2D eigenvalue weighted by molar-refractivity contribution is 9.10. The Morgan fingerprint density at radius 2 is 1.84 bits per heavy atom. The zero-order valence-corrected chi connectivity index (χ0v) is 11.4. The van der Waals surface area contributed by atoms with Crippen molar-refractivity contribution < 1.29 is 14.3 Å². The molecule has 19 heavy (non-hydrogen) atoms. The second-order valence-corrected chi connectivity index (χ2v) is 4.75. The Morgan fingerprint density at radius 3 is 2.47 bits per heavy atom. The Morgan fingerprint density at radius 1 is 1.16 bits per heavy atom. The minimum absolute atomic E-state index is 0.118. The maximum Gasteiger partial charge on any atom is 0.336 e. The molecule has 2 aromatic rings. The van der Waals surface area contributed by atoms with Crippen molar-refractivity contribution in [2.45, 2.75) is 0 Å². The van der Waals surface area contributed by atoms with Crippen molar-refractivity contribution in [3.63, 3.8) is 0 Å². The summed E-state index contributed by atoms with van der Waals surface area (Å²) < 4.78 is 13.8. The van der Waals surface area contributed by atoms with Crippen LogP contribution >= 0.6 is 15.9 Å². The molecule has 2 rings (SSSR count). The number of aliphatic carboxylic acids is 1. The van der Waals surface area contributed by atoms with E-state index < -0.39 is 11.8 Å². The highest BCUT2D eigenvalue weighted by atomic mass is 79.9. The highest BCUT2D eigenvalue weighted by Gasteiger charge is 2.11. The van der Waals surface area contributed by atoms with Crippen LogP contribution in [0.5, 0.6) is 0 Å². The molecule has 0 atom stereocenters. The molecule has 2 aromatic carbocycles. The molecule has 0 fully saturated rings. The van der Waals surface area contributed by atoms with Gasteiger partial charge in [-0.3, -0.25) is 0 Å². The minimum atomic E-state index is -1.05. The summed E-state index contributed by atoms with van der Waals surface area (Å²) in [5.74, 6) is -1.46. The van der Waals surface area contributed by atoms with Gasteiger partial charge in [0.05, 0.1) is 5.57 Å². The Balaban J connectivity index is 2.54. The van der Waals surface area contributed by atoms with Gasteiger partial charge >= 0.3 is 5.97 Å². The van der Waals surface area contributed by atoms with Crippen molar-refractivity contribution in [1.82, 2.24) is 0 Å². The topological polar surface area (TPSA) is 37.3 Å². The Hall–Kier alpha value is -1.94. The zero-order chi connectivity index (χ0) is 13.8. The Bertz CT molecular complexity index is 636. The van der Waals surface area contributed by atoms with Crippen LogP contribution in [0.25, 0.3) is 11.6 Å². The molecule has 0 radical (unpaired) electrons. The lowest BCUT2D eigenvalue weighted by Crippen LogP contribution is -1.99. The number of halogens is 2. The summed E-state index contributed by atoms with van der Waals surface area (Å²) in [6.07, 6.45) is 1.45. The number of rotatable bonds is 3. The third kappa shape index (κ3) is 3.29. The lowest BCUT2D eigenvalue weighted by molar-refractivity contribution is -0.130. The maximum absolute atomic E-state index is 13.2. The van der Waals surface area contributed by atoms with Gasteiger partial charge in [0.25, 0.3) is 0 Å². The first kappa shape index (κ1) is 13.5. The second-order valence-electron chi connectivity index (χ2n) is 3.90. The number of carboxylic acids is 1. The van der Waals surface area contributed by atoms with Gasteiger partial charge in [0, 0.05) is 4.47 Å². The van der Waals surface area contributed by atoms with Crippen LogP contribution in [0.4, 0.5) is 4.39 Å². The standard InChI is InChI=1S/C15H10BrFO2/c16-14-7-6-12(17)8-11(14)9-13(15(18)19)10-4-2-1-3-5-10/h1-9H,(H,18,19)/b13-9+. The molecule has 0 aliphatic carbocycles. The third-order valence-electron chi connectivity index (χ3n) is 2.57. The Labute approximate surface area is 118 Å². The number of carboxylic acid groups (broad SMARTS) is 1. The number of benzene rings is 2. The normalized spacial score (nSPS) is 11.4. The van der Waals surface area contributed by atoms with Crippen molar-refractivity contribution in [1.29, 1.82) is 0 Å². The summed E-state index contributed by atoms with van der Waals surface area (Å²) >= 11 is 3.28. The quantitative estimate of drug-likeness (QED) is 0.679. The summed E-state index contributed by atoms with van der Waals surface area (Å²) in [5.41, 5.74) is 1.18. The van der Waals surface area contributed by atoms with Gasteiger partial charge in [0.2, 0.25) is 0 Å². The van der Waals surface area contributed by atoms with Gasteiger partial charge in [0.15, 0.2) is 0 Å². The average Bonchev–Trinajstić information content (AvgIpc) is 2.40. The predicted octanol–water partition coefficient (Wildman–Crippen LogP) is 4.21. The molecule has 0 aliphatic heterocycles. The van der Waals surface area contributed by atoms with Gasteiger partial charge in [0.1, 0.15) is 5.82 Å². The van der Waals surface area contributed by atoms with Crippen molar-refractivity contribution in [3.8, 4) is 0 Å². The van der Waals surface area contributed by atoms with Gasteiger partial charge in [-0.15, -0.1) is 0 Å². The van der Waals surface area contributed by atoms with Gasteiger partial charge in [-0.1, -0.05) is 46.3 Å². The van der Waals surface area contributed by atoms with Crippen LogP contribution in [0.1, 0.15) is 11.1 Å². The van der Waals surface area contributed by atoms with Crippen molar-refractivity contribution in [2.75, 3.05) is 0 Å². The maximum atomic E-state index is 13.2. The Kier molecular flexibility index (Phi) is 4.12. The minimum Gasteiger partial charge on any atom is -0.478 e. The van der Waals surface area contributed by atoms with E-state index in [2.05, 4.69) is 15.9 Å². The third-order valence-corrected chi connectivity index (χ3v) is 3.30. The largest absolute Gasteiger partial charge is 0.478 e. The molecule has 96 valence electrons.